The zero-order valence-corrected chi connectivity index (χ0v) is 12.3. The Hall–Kier alpha value is -2.20. The summed E-state index contributed by atoms with van der Waals surface area (Å²) in [5, 5.41) is 0. The number of ether oxygens (including phenoxy) is 3. The van der Waals surface area contributed by atoms with Gasteiger partial charge < -0.3 is 14.2 Å². The smallest absolute Gasteiger partial charge is 0.268 e. The summed E-state index contributed by atoms with van der Waals surface area (Å²) in [5.41, 5.74) is 4.24. The van der Waals surface area contributed by atoms with E-state index in [1.165, 1.54) is 18.2 Å². The van der Waals surface area contributed by atoms with E-state index < -0.39 is 11.8 Å². The Morgan fingerprint density at radius 1 is 1.00 bits per heavy atom. The molecule has 122 valence electrons. The van der Waals surface area contributed by atoms with Gasteiger partial charge in [-0.1, -0.05) is 6.07 Å². The molecule has 0 saturated heterocycles. The van der Waals surface area contributed by atoms with Gasteiger partial charge in [-0.3, -0.25) is 20.4 Å². The summed E-state index contributed by atoms with van der Waals surface area (Å²) in [4.78, 5) is 23.5. The fourth-order valence-electron chi connectivity index (χ4n) is 1.65. The molecule has 0 unspecified atom stereocenters. The van der Waals surface area contributed by atoms with Crippen LogP contribution < -0.4 is 27.3 Å². The molecule has 0 atom stereocenters. The first-order valence-electron chi connectivity index (χ1n) is 6.50. The minimum Gasteiger partial charge on any atom is -0.490 e. The van der Waals surface area contributed by atoms with E-state index in [0.29, 0.717) is 13.2 Å². The van der Waals surface area contributed by atoms with Gasteiger partial charge in [0.15, 0.2) is 0 Å². The van der Waals surface area contributed by atoms with Crippen molar-refractivity contribution in [3.63, 3.8) is 0 Å². The Balaban J connectivity index is 2.83. The number of hydrazine groups is 2. The topological polar surface area (TPSA) is 138 Å². The summed E-state index contributed by atoms with van der Waals surface area (Å²) in [7, 11) is 1.57. The highest BCUT2D eigenvalue weighted by Crippen LogP contribution is 2.24. The van der Waals surface area contributed by atoms with Crippen LogP contribution in [0.4, 0.5) is 0 Å². The third-order valence-electron chi connectivity index (χ3n) is 2.67. The Kier molecular flexibility index (Phi) is 7.86. The molecule has 0 aliphatic heterocycles. The van der Waals surface area contributed by atoms with Gasteiger partial charge in [0, 0.05) is 7.11 Å². The molecule has 0 radical (unpaired) electrons. The first-order valence-corrected chi connectivity index (χ1v) is 6.50. The van der Waals surface area contributed by atoms with Crippen LogP contribution in [0.2, 0.25) is 0 Å². The number of amides is 2. The lowest BCUT2D eigenvalue weighted by molar-refractivity contribution is 0.0539. The van der Waals surface area contributed by atoms with E-state index in [-0.39, 0.29) is 30.1 Å². The van der Waals surface area contributed by atoms with E-state index in [1.807, 2.05) is 10.9 Å². The molecule has 1 rings (SSSR count). The van der Waals surface area contributed by atoms with Crippen LogP contribution in [-0.2, 0) is 9.47 Å². The van der Waals surface area contributed by atoms with Gasteiger partial charge >= 0.3 is 0 Å². The molecule has 1 aromatic carbocycles. The van der Waals surface area contributed by atoms with E-state index in [2.05, 4.69) is 0 Å². The van der Waals surface area contributed by atoms with Crippen molar-refractivity contribution in [2.45, 2.75) is 0 Å². The number of carbonyl (C=O) groups is 2. The Labute approximate surface area is 127 Å². The molecule has 0 spiro atoms. The number of para-hydroxylation sites is 1. The lowest BCUT2D eigenvalue weighted by atomic mass is 10.1. The molecule has 0 saturated carbocycles. The van der Waals surface area contributed by atoms with E-state index in [1.54, 1.807) is 7.11 Å². The van der Waals surface area contributed by atoms with Crippen molar-refractivity contribution in [2.24, 2.45) is 11.7 Å². The average Bonchev–Trinajstić information content (AvgIpc) is 2.56. The third-order valence-corrected chi connectivity index (χ3v) is 2.67. The largest absolute Gasteiger partial charge is 0.490 e. The maximum atomic E-state index is 11.7. The molecule has 9 nitrogen and oxygen atoms in total. The van der Waals surface area contributed by atoms with Crippen molar-refractivity contribution >= 4 is 11.8 Å². The number of carbonyl (C=O) groups excluding carboxylic acids is 2. The van der Waals surface area contributed by atoms with Crippen LogP contribution in [0, 0.1) is 0 Å². The number of nitrogens with one attached hydrogen (secondary N) is 2. The molecule has 0 heterocycles. The lowest BCUT2D eigenvalue weighted by Crippen LogP contribution is -2.33. The highest BCUT2D eigenvalue weighted by atomic mass is 16.5. The number of methoxy groups -OCH3 is 1. The molecule has 0 fully saturated rings. The Morgan fingerprint density at radius 3 is 2.05 bits per heavy atom. The van der Waals surface area contributed by atoms with Crippen LogP contribution in [0.1, 0.15) is 20.7 Å². The summed E-state index contributed by atoms with van der Waals surface area (Å²) < 4.78 is 15.6. The highest BCUT2D eigenvalue weighted by Gasteiger charge is 2.19. The molecule has 1 aromatic rings. The van der Waals surface area contributed by atoms with Gasteiger partial charge in [0.25, 0.3) is 11.8 Å². The molecular weight excluding hydrogens is 292 g/mol. The van der Waals surface area contributed by atoms with Crippen molar-refractivity contribution in [1.82, 2.24) is 10.9 Å². The zero-order chi connectivity index (χ0) is 16.4. The predicted molar refractivity (Wildman–Crippen MR) is 77.9 cm³/mol. The fourth-order valence-corrected chi connectivity index (χ4v) is 1.65. The normalized spacial score (nSPS) is 10.1. The van der Waals surface area contributed by atoms with Gasteiger partial charge in [0.2, 0.25) is 0 Å². The Bertz CT molecular complexity index is 475. The second-order valence-corrected chi connectivity index (χ2v) is 4.08. The zero-order valence-electron chi connectivity index (χ0n) is 12.3. The second-order valence-electron chi connectivity index (χ2n) is 4.08. The summed E-state index contributed by atoms with van der Waals surface area (Å²) in [6.07, 6.45) is 0. The number of hydrogen-bond acceptors (Lipinski definition) is 7. The summed E-state index contributed by atoms with van der Waals surface area (Å²) in [6.45, 7) is 1.29. The summed E-state index contributed by atoms with van der Waals surface area (Å²) >= 11 is 0. The molecule has 2 amide bonds. The second kappa shape index (κ2) is 9.68. The van der Waals surface area contributed by atoms with Gasteiger partial charge in [0.05, 0.1) is 30.9 Å². The van der Waals surface area contributed by atoms with Crippen molar-refractivity contribution < 1.29 is 23.8 Å². The van der Waals surface area contributed by atoms with Crippen molar-refractivity contribution in [3.8, 4) is 5.75 Å². The number of hydrogen-bond donors (Lipinski definition) is 4. The number of nitrogen functional groups attached to an aromatic ring is 2. The molecule has 0 aliphatic rings. The van der Waals surface area contributed by atoms with Gasteiger partial charge in [0.1, 0.15) is 12.4 Å². The van der Waals surface area contributed by atoms with Crippen LogP contribution in [0.3, 0.4) is 0 Å². The van der Waals surface area contributed by atoms with Crippen molar-refractivity contribution in [2.75, 3.05) is 33.5 Å². The van der Waals surface area contributed by atoms with E-state index in [9.17, 15) is 9.59 Å². The number of benzene rings is 1. The highest BCUT2D eigenvalue weighted by molar-refractivity contribution is 6.03. The lowest BCUT2D eigenvalue weighted by Gasteiger charge is -2.14. The van der Waals surface area contributed by atoms with Crippen molar-refractivity contribution in [3.05, 3.63) is 29.3 Å². The van der Waals surface area contributed by atoms with Crippen LogP contribution in [0.25, 0.3) is 0 Å². The van der Waals surface area contributed by atoms with Crippen molar-refractivity contribution in [1.29, 1.82) is 0 Å². The van der Waals surface area contributed by atoms with E-state index >= 15 is 0 Å². The first kappa shape index (κ1) is 17.9. The standard InChI is InChI=1S/C13H20N4O5/c1-20-5-6-21-7-8-22-11-9(12(18)16-14)3-2-4-10(11)13(19)17-15/h2-4H,5-8,14-15H2,1H3,(H,16,18)(H,17,19). The SMILES string of the molecule is COCCOCCOc1c(C(=O)NN)cccc1C(=O)NN. The number of rotatable bonds is 9. The maximum Gasteiger partial charge on any atom is 0.268 e. The first-order chi connectivity index (χ1) is 10.7. The molecule has 22 heavy (non-hydrogen) atoms. The molecule has 0 bridgehead atoms. The molecule has 6 N–H and O–H groups in total. The number of nitrogens with two attached hydrogens (primary N) is 2. The molecule has 0 aliphatic carbocycles. The van der Waals surface area contributed by atoms with Crippen LogP contribution in [0.5, 0.6) is 5.75 Å². The van der Waals surface area contributed by atoms with E-state index in [0.717, 1.165) is 0 Å². The summed E-state index contributed by atoms with van der Waals surface area (Å²) in [6, 6.07) is 4.49. The minimum absolute atomic E-state index is 0.0868. The van der Waals surface area contributed by atoms with Gasteiger partial charge in [-0.15, -0.1) is 0 Å². The Morgan fingerprint density at radius 2 is 1.55 bits per heavy atom. The molecular formula is C13H20N4O5. The van der Waals surface area contributed by atoms with Crippen LogP contribution >= 0.6 is 0 Å². The minimum atomic E-state index is -0.582. The van der Waals surface area contributed by atoms with Gasteiger partial charge in [-0.2, -0.15) is 0 Å². The van der Waals surface area contributed by atoms with Crippen LogP contribution in [-0.4, -0.2) is 45.4 Å². The van der Waals surface area contributed by atoms with E-state index in [4.69, 9.17) is 25.9 Å². The summed E-state index contributed by atoms with van der Waals surface area (Å²) in [5.74, 6) is 9.17. The van der Waals surface area contributed by atoms with Gasteiger partial charge in [-0.25, -0.2) is 11.7 Å². The quantitative estimate of drug-likeness (QED) is 0.197. The monoisotopic (exact) mass is 312 g/mol. The third kappa shape index (κ3) is 4.97. The maximum absolute atomic E-state index is 11.7. The fraction of sp³-hybridized carbons (Fsp3) is 0.385. The molecule has 9 heteroatoms. The van der Waals surface area contributed by atoms with Crippen LogP contribution in [0.15, 0.2) is 18.2 Å². The molecule has 0 aromatic heterocycles. The predicted octanol–water partition coefficient (Wildman–Crippen LogP) is -1.06. The average molecular weight is 312 g/mol. The van der Waals surface area contributed by atoms with Gasteiger partial charge in [-0.05, 0) is 12.1 Å².